The summed E-state index contributed by atoms with van der Waals surface area (Å²) in [6, 6.07) is 10.1. The lowest BCUT2D eigenvalue weighted by Gasteiger charge is -2.20. The van der Waals surface area contributed by atoms with E-state index < -0.39 is 0 Å². The number of para-hydroxylation sites is 1. The molecule has 0 bridgehead atoms. The Labute approximate surface area is 141 Å². The number of amides is 1. The van der Waals surface area contributed by atoms with Crippen LogP contribution >= 0.6 is 0 Å². The molecule has 126 valence electrons. The zero-order valence-electron chi connectivity index (χ0n) is 14.2. The minimum atomic E-state index is -0.352. The molecule has 2 aromatic rings. The highest BCUT2D eigenvalue weighted by atomic mass is 16.3. The molecule has 5 heteroatoms. The number of benzene rings is 1. The van der Waals surface area contributed by atoms with Crippen LogP contribution in [-0.4, -0.2) is 27.3 Å². The van der Waals surface area contributed by atoms with E-state index >= 15 is 0 Å². The average Bonchev–Trinajstić information content (AvgIpc) is 2.48. The first-order chi connectivity index (χ1) is 11.2. The average molecular weight is 326 g/mol. The van der Waals surface area contributed by atoms with Crippen LogP contribution in [0.15, 0.2) is 42.6 Å². The van der Waals surface area contributed by atoms with E-state index in [1.807, 2.05) is 20.8 Å². The number of hydrogen-bond donors (Lipinski definition) is 2. The number of carbonyl (C=O) groups excluding carboxylic acids is 2. The highest BCUT2D eigenvalue weighted by molar-refractivity contribution is 5.93. The van der Waals surface area contributed by atoms with Gasteiger partial charge in [0.25, 0.3) is 5.91 Å². The molecule has 1 aromatic heterocycles. The number of phenols is 1. The van der Waals surface area contributed by atoms with Gasteiger partial charge in [0, 0.05) is 30.1 Å². The zero-order valence-corrected chi connectivity index (χ0v) is 14.2. The van der Waals surface area contributed by atoms with E-state index in [-0.39, 0.29) is 41.5 Å². The molecule has 0 radical (unpaired) electrons. The highest BCUT2D eigenvalue weighted by Crippen LogP contribution is 2.17. The van der Waals surface area contributed by atoms with E-state index in [0.29, 0.717) is 5.56 Å². The lowest BCUT2D eigenvalue weighted by molar-refractivity contribution is -0.117. The second kappa shape index (κ2) is 7.25. The number of Topliss-reactive ketones (excluding diaryl/α,β-unsaturated/α-hetero) is 1. The SMILES string of the molecule is CC(C)(C)NC(=O)c1cc(CC(=O)Cc2ccccc2O)ccn1. The van der Waals surface area contributed by atoms with Gasteiger partial charge in [0.15, 0.2) is 0 Å². The molecule has 5 nitrogen and oxygen atoms in total. The van der Waals surface area contributed by atoms with Crippen LogP contribution in [-0.2, 0) is 17.6 Å². The number of rotatable bonds is 5. The molecule has 0 saturated heterocycles. The van der Waals surface area contributed by atoms with E-state index in [2.05, 4.69) is 10.3 Å². The molecule has 0 unspecified atom stereocenters. The molecule has 24 heavy (non-hydrogen) atoms. The number of aromatic nitrogens is 1. The third kappa shape index (κ3) is 5.19. The predicted molar refractivity (Wildman–Crippen MR) is 92.0 cm³/mol. The van der Waals surface area contributed by atoms with Crippen LogP contribution in [0.1, 0.15) is 42.4 Å². The number of hydrogen-bond acceptors (Lipinski definition) is 4. The van der Waals surface area contributed by atoms with Crippen LogP contribution in [0.2, 0.25) is 0 Å². The van der Waals surface area contributed by atoms with Crippen molar-refractivity contribution in [2.24, 2.45) is 0 Å². The van der Waals surface area contributed by atoms with Gasteiger partial charge >= 0.3 is 0 Å². The summed E-state index contributed by atoms with van der Waals surface area (Å²) in [5, 5.41) is 12.6. The van der Waals surface area contributed by atoms with Crippen LogP contribution in [0.5, 0.6) is 5.75 Å². The van der Waals surface area contributed by atoms with E-state index in [4.69, 9.17) is 0 Å². The molecule has 0 saturated carbocycles. The van der Waals surface area contributed by atoms with Crippen molar-refractivity contribution in [1.82, 2.24) is 10.3 Å². The van der Waals surface area contributed by atoms with E-state index in [0.717, 1.165) is 5.56 Å². The van der Waals surface area contributed by atoms with Crippen molar-refractivity contribution >= 4 is 11.7 Å². The number of ketones is 1. The predicted octanol–water partition coefficient (Wildman–Crippen LogP) is 2.67. The third-order valence-corrected chi connectivity index (χ3v) is 3.33. The van der Waals surface area contributed by atoms with Crippen LogP contribution < -0.4 is 5.32 Å². The lowest BCUT2D eigenvalue weighted by atomic mass is 10.0. The van der Waals surface area contributed by atoms with Crippen molar-refractivity contribution in [1.29, 1.82) is 0 Å². The number of carbonyl (C=O) groups is 2. The van der Waals surface area contributed by atoms with Crippen molar-refractivity contribution in [2.45, 2.75) is 39.2 Å². The fourth-order valence-electron chi connectivity index (χ4n) is 2.28. The quantitative estimate of drug-likeness (QED) is 0.885. The maximum Gasteiger partial charge on any atom is 0.270 e. The number of nitrogens with zero attached hydrogens (tertiary/aromatic N) is 1. The number of pyridine rings is 1. The molecule has 2 rings (SSSR count). The van der Waals surface area contributed by atoms with Gasteiger partial charge in [-0.15, -0.1) is 0 Å². The first-order valence-corrected chi connectivity index (χ1v) is 7.80. The maximum atomic E-state index is 12.2. The summed E-state index contributed by atoms with van der Waals surface area (Å²) >= 11 is 0. The molecule has 0 atom stereocenters. The normalized spacial score (nSPS) is 11.1. The lowest BCUT2D eigenvalue weighted by Crippen LogP contribution is -2.40. The van der Waals surface area contributed by atoms with Gasteiger partial charge in [-0.2, -0.15) is 0 Å². The van der Waals surface area contributed by atoms with Gasteiger partial charge in [0.05, 0.1) is 0 Å². The topological polar surface area (TPSA) is 79.3 Å². The second-order valence-electron chi connectivity index (χ2n) is 6.77. The molecule has 0 spiro atoms. The molecule has 0 aliphatic rings. The van der Waals surface area contributed by atoms with Gasteiger partial charge in [-0.25, -0.2) is 0 Å². The maximum absolute atomic E-state index is 12.2. The van der Waals surface area contributed by atoms with Gasteiger partial charge in [-0.05, 0) is 44.5 Å². The third-order valence-electron chi connectivity index (χ3n) is 3.33. The summed E-state index contributed by atoms with van der Waals surface area (Å²) < 4.78 is 0. The Morgan fingerprint density at radius 2 is 1.83 bits per heavy atom. The number of phenolic OH excluding ortho intramolecular Hbond substituents is 1. The van der Waals surface area contributed by atoms with Gasteiger partial charge in [0.2, 0.25) is 0 Å². The summed E-state index contributed by atoms with van der Waals surface area (Å²) in [5.41, 5.74) is 1.26. The Balaban J connectivity index is 2.05. The fourth-order valence-corrected chi connectivity index (χ4v) is 2.28. The Kier molecular flexibility index (Phi) is 5.34. The van der Waals surface area contributed by atoms with Crippen molar-refractivity contribution in [3.05, 3.63) is 59.4 Å². The minimum Gasteiger partial charge on any atom is -0.508 e. The van der Waals surface area contributed by atoms with Crippen molar-refractivity contribution < 1.29 is 14.7 Å². The fraction of sp³-hybridized carbons (Fsp3) is 0.316. The van der Waals surface area contributed by atoms with Crippen molar-refractivity contribution in [2.75, 3.05) is 0 Å². The summed E-state index contributed by atoms with van der Waals surface area (Å²) in [5.74, 6) is -0.187. The molecule has 0 aliphatic carbocycles. The molecular weight excluding hydrogens is 304 g/mol. The summed E-state index contributed by atoms with van der Waals surface area (Å²) in [7, 11) is 0. The van der Waals surface area contributed by atoms with E-state index in [1.165, 1.54) is 6.20 Å². The summed E-state index contributed by atoms with van der Waals surface area (Å²) in [6.07, 6.45) is 1.87. The van der Waals surface area contributed by atoms with Crippen LogP contribution in [0.3, 0.4) is 0 Å². The van der Waals surface area contributed by atoms with Crippen LogP contribution in [0, 0.1) is 0 Å². The molecule has 1 amide bonds. The molecule has 2 N–H and O–H groups in total. The summed E-state index contributed by atoms with van der Waals surface area (Å²) in [4.78, 5) is 28.4. The van der Waals surface area contributed by atoms with Crippen molar-refractivity contribution in [3.63, 3.8) is 0 Å². The standard InChI is InChI=1S/C19H22N2O3/c1-19(2,3)21-18(24)16-11-13(8-9-20-16)10-15(22)12-14-6-4-5-7-17(14)23/h4-9,11,23H,10,12H2,1-3H3,(H,21,24). The zero-order chi connectivity index (χ0) is 17.7. The van der Waals surface area contributed by atoms with Gasteiger partial charge < -0.3 is 10.4 Å². The summed E-state index contributed by atoms with van der Waals surface area (Å²) in [6.45, 7) is 5.68. The Morgan fingerprint density at radius 3 is 2.50 bits per heavy atom. The Morgan fingerprint density at radius 1 is 1.12 bits per heavy atom. The van der Waals surface area contributed by atoms with Crippen LogP contribution in [0.25, 0.3) is 0 Å². The van der Waals surface area contributed by atoms with Gasteiger partial charge in [-0.1, -0.05) is 18.2 Å². The first kappa shape index (κ1) is 17.7. The number of nitrogens with one attached hydrogen (secondary N) is 1. The molecule has 1 aromatic carbocycles. The van der Waals surface area contributed by atoms with E-state index in [9.17, 15) is 14.7 Å². The molecule has 0 aliphatic heterocycles. The Bertz CT molecular complexity index is 748. The monoisotopic (exact) mass is 326 g/mol. The molecule has 0 fully saturated rings. The van der Waals surface area contributed by atoms with Crippen LogP contribution in [0.4, 0.5) is 0 Å². The highest BCUT2D eigenvalue weighted by Gasteiger charge is 2.17. The van der Waals surface area contributed by atoms with Crippen molar-refractivity contribution in [3.8, 4) is 5.75 Å². The molecular formula is C19H22N2O3. The first-order valence-electron chi connectivity index (χ1n) is 7.80. The smallest absolute Gasteiger partial charge is 0.270 e. The minimum absolute atomic E-state index is 0.0371. The largest absolute Gasteiger partial charge is 0.508 e. The van der Waals surface area contributed by atoms with Gasteiger partial charge in [-0.3, -0.25) is 14.6 Å². The van der Waals surface area contributed by atoms with E-state index in [1.54, 1.807) is 36.4 Å². The Hall–Kier alpha value is -2.69. The molecule has 1 heterocycles. The number of aromatic hydroxyl groups is 1. The van der Waals surface area contributed by atoms with Gasteiger partial charge in [0.1, 0.15) is 17.2 Å². The second-order valence-corrected chi connectivity index (χ2v) is 6.77.